The Bertz CT molecular complexity index is 1110. The van der Waals surface area contributed by atoms with E-state index >= 15 is 0 Å². The third kappa shape index (κ3) is 3.57. The molecule has 0 aliphatic carbocycles. The summed E-state index contributed by atoms with van der Waals surface area (Å²) in [7, 11) is 0. The lowest BCUT2D eigenvalue weighted by atomic mass is 10.1. The number of carbonyl (C=O) groups excluding carboxylic acids is 1. The van der Waals surface area contributed by atoms with Crippen molar-refractivity contribution in [3.8, 4) is 17.6 Å². The first-order valence-electron chi connectivity index (χ1n) is 8.57. The number of nitriles is 1. The SMILES string of the molecule is N#Cc1cc2cc3c(cc2nc1NCCNC(=O)c1ccccc1Br)OCO3. The van der Waals surface area contributed by atoms with E-state index in [0.717, 1.165) is 9.86 Å². The van der Waals surface area contributed by atoms with Gasteiger partial charge in [0.2, 0.25) is 6.79 Å². The number of fused-ring (bicyclic) bond motifs is 2. The number of anilines is 1. The molecular formula is C20H15BrN4O3. The summed E-state index contributed by atoms with van der Waals surface area (Å²) in [5.74, 6) is 1.57. The first kappa shape index (κ1) is 18.1. The standard InChI is InChI=1S/C20H15BrN4O3/c21-15-4-2-1-3-14(15)20(26)24-6-5-23-19-13(10-22)7-12-8-17-18(28-11-27-17)9-16(12)25-19/h1-4,7-9H,5-6,11H2,(H,23,25)(H,24,26). The van der Waals surface area contributed by atoms with E-state index in [2.05, 4.69) is 37.6 Å². The Morgan fingerprint density at radius 3 is 2.75 bits per heavy atom. The quantitative estimate of drug-likeness (QED) is 0.592. The van der Waals surface area contributed by atoms with Gasteiger partial charge in [0.15, 0.2) is 11.5 Å². The molecule has 0 atom stereocenters. The van der Waals surface area contributed by atoms with E-state index < -0.39 is 0 Å². The van der Waals surface area contributed by atoms with Crippen LogP contribution < -0.4 is 20.1 Å². The van der Waals surface area contributed by atoms with Crippen LogP contribution in [0.4, 0.5) is 5.82 Å². The van der Waals surface area contributed by atoms with Gasteiger partial charge in [-0.2, -0.15) is 5.26 Å². The second-order valence-electron chi connectivity index (χ2n) is 6.06. The minimum Gasteiger partial charge on any atom is -0.454 e. The summed E-state index contributed by atoms with van der Waals surface area (Å²) in [5.41, 5.74) is 1.69. The molecule has 0 saturated carbocycles. The summed E-state index contributed by atoms with van der Waals surface area (Å²) in [5, 5.41) is 16.2. The second-order valence-corrected chi connectivity index (χ2v) is 6.91. The predicted molar refractivity (Wildman–Crippen MR) is 108 cm³/mol. The maximum Gasteiger partial charge on any atom is 0.252 e. The highest BCUT2D eigenvalue weighted by atomic mass is 79.9. The molecule has 0 saturated heterocycles. The van der Waals surface area contributed by atoms with Gasteiger partial charge in [0.05, 0.1) is 16.6 Å². The smallest absolute Gasteiger partial charge is 0.252 e. The molecule has 0 spiro atoms. The number of rotatable bonds is 5. The number of aromatic nitrogens is 1. The first-order valence-corrected chi connectivity index (χ1v) is 9.36. The zero-order valence-electron chi connectivity index (χ0n) is 14.7. The van der Waals surface area contributed by atoms with Gasteiger partial charge in [-0.3, -0.25) is 4.79 Å². The zero-order chi connectivity index (χ0) is 19.5. The molecule has 4 rings (SSSR count). The monoisotopic (exact) mass is 438 g/mol. The molecule has 2 N–H and O–H groups in total. The maximum atomic E-state index is 12.2. The number of halogens is 1. The highest BCUT2D eigenvalue weighted by Gasteiger charge is 2.16. The van der Waals surface area contributed by atoms with Crippen LogP contribution in [0.1, 0.15) is 15.9 Å². The Labute approximate surface area is 169 Å². The summed E-state index contributed by atoms with van der Waals surface area (Å²) >= 11 is 3.36. The molecule has 0 unspecified atom stereocenters. The number of nitrogens with one attached hydrogen (secondary N) is 2. The molecular weight excluding hydrogens is 424 g/mol. The van der Waals surface area contributed by atoms with Gasteiger partial charge in [0.25, 0.3) is 5.91 Å². The van der Waals surface area contributed by atoms with Crippen molar-refractivity contribution in [3.63, 3.8) is 0 Å². The van der Waals surface area contributed by atoms with Crippen molar-refractivity contribution >= 4 is 38.6 Å². The van der Waals surface area contributed by atoms with Crippen LogP contribution in [0.2, 0.25) is 0 Å². The van der Waals surface area contributed by atoms with Crippen molar-refractivity contribution in [2.24, 2.45) is 0 Å². The van der Waals surface area contributed by atoms with E-state index in [1.807, 2.05) is 24.3 Å². The molecule has 7 nitrogen and oxygen atoms in total. The Balaban J connectivity index is 1.44. The second kappa shape index (κ2) is 7.74. The molecule has 2 heterocycles. The van der Waals surface area contributed by atoms with Crippen LogP contribution >= 0.6 is 15.9 Å². The molecule has 1 aliphatic heterocycles. The van der Waals surface area contributed by atoms with E-state index in [0.29, 0.717) is 47.1 Å². The van der Waals surface area contributed by atoms with Gasteiger partial charge in [-0.15, -0.1) is 0 Å². The molecule has 140 valence electrons. The molecule has 3 aromatic rings. The third-order valence-corrected chi connectivity index (χ3v) is 4.94. The number of carbonyl (C=O) groups is 1. The Hall–Kier alpha value is -3.31. The molecule has 0 radical (unpaired) electrons. The first-order chi connectivity index (χ1) is 13.7. The summed E-state index contributed by atoms with van der Waals surface area (Å²) in [6.07, 6.45) is 0. The molecule has 1 aromatic heterocycles. The van der Waals surface area contributed by atoms with Crippen LogP contribution in [0, 0.1) is 11.3 Å². The van der Waals surface area contributed by atoms with Gasteiger partial charge >= 0.3 is 0 Å². The van der Waals surface area contributed by atoms with Gasteiger partial charge in [-0.05, 0) is 40.2 Å². The molecule has 28 heavy (non-hydrogen) atoms. The van der Waals surface area contributed by atoms with E-state index in [9.17, 15) is 10.1 Å². The number of hydrogen-bond acceptors (Lipinski definition) is 6. The lowest BCUT2D eigenvalue weighted by Crippen LogP contribution is -2.29. The molecule has 1 aliphatic rings. The van der Waals surface area contributed by atoms with Gasteiger partial charge in [-0.25, -0.2) is 4.98 Å². The van der Waals surface area contributed by atoms with Crippen LogP contribution in [0.5, 0.6) is 11.5 Å². The van der Waals surface area contributed by atoms with Crippen molar-refractivity contribution in [2.75, 3.05) is 25.2 Å². The Morgan fingerprint density at radius 2 is 1.96 bits per heavy atom. The van der Waals surface area contributed by atoms with E-state index in [4.69, 9.17) is 9.47 Å². The van der Waals surface area contributed by atoms with Crippen LogP contribution in [-0.4, -0.2) is 30.8 Å². The van der Waals surface area contributed by atoms with Gasteiger partial charge in [0, 0.05) is 29.0 Å². The fourth-order valence-electron chi connectivity index (χ4n) is 2.88. The normalized spacial score (nSPS) is 11.9. The molecule has 8 heteroatoms. The fraction of sp³-hybridized carbons (Fsp3) is 0.150. The van der Waals surface area contributed by atoms with Crippen LogP contribution in [0.15, 0.2) is 46.9 Å². The van der Waals surface area contributed by atoms with Crippen LogP contribution in [0.3, 0.4) is 0 Å². The lowest BCUT2D eigenvalue weighted by molar-refractivity contribution is 0.0954. The van der Waals surface area contributed by atoms with Crippen LogP contribution in [0.25, 0.3) is 10.9 Å². The van der Waals surface area contributed by atoms with Crippen molar-refractivity contribution in [3.05, 3.63) is 58.1 Å². The number of amides is 1. The summed E-state index contributed by atoms with van der Waals surface area (Å²) in [6, 6.07) is 14.7. The van der Waals surface area contributed by atoms with Gasteiger partial charge < -0.3 is 20.1 Å². The summed E-state index contributed by atoms with van der Waals surface area (Å²) < 4.78 is 11.5. The fourth-order valence-corrected chi connectivity index (χ4v) is 3.35. The highest BCUT2D eigenvalue weighted by Crippen LogP contribution is 2.36. The van der Waals surface area contributed by atoms with Crippen LogP contribution in [-0.2, 0) is 0 Å². The van der Waals surface area contributed by atoms with Crippen molar-refractivity contribution in [1.29, 1.82) is 5.26 Å². The van der Waals surface area contributed by atoms with Crippen molar-refractivity contribution < 1.29 is 14.3 Å². The number of hydrogen-bond donors (Lipinski definition) is 2. The molecule has 0 bridgehead atoms. The van der Waals surface area contributed by atoms with E-state index in [-0.39, 0.29) is 12.7 Å². The van der Waals surface area contributed by atoms with Crippen molar-refractivity contribution in [1.82, 2.24) is 10.3 Å². The average molecular weight is 439 g/mol. The maximum absolute atomic E-state index is 12.2. The average Bonchev–Trinajstić information content (AvgIpc) is 3.16. The van der Waals surface area contributed by atoms with E-state index in [1.54, 1.807) is 18.2 Å². The molecule has 2 aromatic carbocycles. The molecule has 1 amide bonds. The minimum atomic E-state index is -0.172. The third-order valence-electron chi connectivity index (χ3n) is 4.25. The zero-order valence-corrected chi connectivity index (χ0v) is 16.2. The lowest BCUT2D eigenvalue weighted by Gasteiger charge is -2.11. The van der Waals surface area contributed by atoms with Gasteiger partial charge in [-0.1, -0.05) is 12.1 Å². The van der Waals surface area contributed by atoms with Crippen molar-refractivity contribution in [2.45, 2.75) is 0 Å². The topological polar surface area (TPSA) is 96.3 Å². The summed E-state index contributed by atoms with van der Waals surface area (Å²) in [4.78, 5) is 16.7. The van der Waals surface area contributed by atoms with E-state index in [1.165, 1.54) is 0 Å². The van der Waals surface area contributed by atoms with Gasteiger partial charge in [0.1, 0.15) is 11.9 Å². The summed E-state index contributed by atoms with van der Waals surface area (Å²) in [6.45, 7) is 0.985. The Kier molecular flexibility index (Phi) is 5.00. The predicted octanol–water partition coefficient (Wildman–Crippen LogP) is 3.44. The Morgan fingerprint density at radius 1 is 1.18 bits per heavy atom. The number of pyridine rings is 1. The molecule has 0 fully saturated rings. The number of benzene rings is 2. The largest absolute Gasteiger partial charge is 0.454 e. The number of ether oxygens (including phenoxy) is 2. The number of nitrogens with zero attached hydrogens (tertiary/aromatic N) is 2. The highest BCUT2D eigenvalue weighted by molar-refractivity contribution is 9.10. The minimum absolute atomic E-state index is 0.172.